The van der Waals surface area contributed by atoms with Crippen molar-refractivity contribution in [2.75, 3.05) is 31.8 Å². The Bertz CT molecular complexity index is 274. The molecule has 0 bridgehead atoms. The fourth-order valence-electron chi connectivity index (χ4n) is 1.29. The van der Waals surface area contributed by atoms with Crippen LogP contribution in [0.4, 0.5) is 0 Å². The maximum absolute atomic E-state index is 10.9. The van der Waals surface area contributed by atoms with Crippen LogP contribution in [0, 0.1) is 5.41 Å². The number of hydrogen-bond acceptors (Lipinski definition) is 6. The van der Waals surface area contributed by atoms with Gasteiger partial charge in [-0.25, -0.2) is 8.42 Å². The highest BCUT2D eigenvalue weighted by molar-refractivity contribution is 7.90. The van der Waals surface area contributed by atoms with Crippen molar-refractivity contribution in [3.05, 3.63) is 0 Å². The highest BCUT2D eigenvalue weighted by atomic mass is 32.2. The van der Waals surface area contributed by atoms with Crippen LogP contribution in [0.25, 0.3) is 0 Å². The third kappa shape index (κ3) is 5.76. The van der Waals surface area contributed by atoms with E-state index >= 15 is 0 Å². The van der Waals surface area contributed by atoms with Crippen LogP contribution in [0.15, 0.2) is 0 Å². The highest BCUT2D eigenvalue weighted by Gasteiger charge is 2.29. The van der Waals surface area contributed by atoms with Gasteiger partial charge in [0.15, 0.2) is 0 Å². The van der Waals surface area contributed by atoms with Crippen molar-refractivity contribution in [3.63, 3.8) is 0 Å². The molecule has 1 atom stereocenters. The second kappa shape index (κ2) is 6.51. The molecule has 0 rings (SSSR count). The lowest BCUT2D eigenvalue weighted by Crippen LogP contribution is -2.35. The van der Waals surface area contributed by atoms with E-state index in [1.165, 1.54) is 0 Å². The minimum atomic E-state index is -3.25. The van der Waals surface area contributed by atoms with Gasteiger partial charge in [-0.3, -0.25) is 0 Å². The molecule has 4 N–H and O–H groups in total. The Balaban J connectivity index is 4.21. The van der Waals surface area contributed by atoms with E-state index in [1.54, 1.807) is 0 Å². The largest absolute Gasteiger partial charge is 0.396 e. The van der Waals surface area contributed by atoms with Gasteiger partial charge >= 0.3 is 0 Å². The number of hydrogen-bond donors (Lipinski definition) is 4. The summed E-state index contributed by atoms with van der Waals surface area (Å²) in [7, 11) is -3.25. The molecule has 0 aliphatic carbocycles. The smallest absolute Gasteiger partial charge is 0.149 e. The predicted molar refractivity (Wildman–Crippen MR) is 58.6 cm³/mol. The number of aliphatic hydroxyl groups is 4. The van der Waals surface area contributed by atoms with Crippen molar-refractivity contribution < 1.29 is 28.8 Å². The molecule has 0 aromatic rings. The molecular formula is C9H20O6S. The van der Waals surface area contributed by atoms with Crippen LogP contribution in [0.1, 0.15) is 12.8 Å². The van der Waals surface area contributed by atoms with Gasteiger partial charge in [-0.15, -0.1) is 0 Å². The quantitative estimate of drug-likeness (QED) is 0.405. The molecule has 0 fully saturated rings. The van der Waals surface area contributed by atoms with E-state index in [9.17, 15) is 13.5 Å². The molecule has 0 spiro atoms. The van der Waals surface area contributed by atoms with Crippen LogP contribution in [0.3, 0.4) is 0 Å². The first-order chi connectivity index (χ1) is 7.28. The van der Waals surface area contributed by atoms with Gasteiger partial charge in [0.2, 0.25) is 0 Å². The summed E-state index contributed by atoms with van der Waals surface area (Å²) in [4.78, 5) is 0. The van der Waals surface area contributed by atoms with Crippen molar-refractivity contribution in [1.29, 1.82) is 0 Å². The predicted octanol–water partition coefficient (Wildman–Crippen LogP) is -1.86. The molecule has 6 nitrogen and oxygen atoms in total. The van der Waals surface area contributed by atoms with Gasteiger partial charge in [0.05, 0.1) is 31.7 Å². The topological polar surface area (TPSA) is 115 Å². The SMILES string of the molecule is CS(=O)(=O)CC(O)CCC(CO)(CO)CO. The number of sulfone groups is 1. The molecule has 16 heavy (non-hydrogen) atoms. The molecule has 0 aliphatic heterocycles. The second-order valence-electron chi connectivity index (χ2n) is 4.26. The fraction of sp³-hybridized carbons (Fsp3) is 1.00. The first-order valence-corrected chi connectivity index (χ1v) is 7.03. The first-order valence-electron chi connectivity index (χ1n) is 4.97. The summed E-state index contributed by atoms with van der Waals surface area (Å²) >= 11 is 0. The molecular weight excluding hydrogens is 236 g/mol. The molecule has 1 unspecified atom stereocenters. The minimum absolute atomic E-state index is 0.106. The molecule has 0 aromatic heterocycles. The molecule has 98 valence electrons. The van der Waals surface area contributed by atoms with Gasteiger partial charge in [0, 0.05) is 11.7 Å². The third-order valence-electron chi connectivity index (χ3n) is 2.51. The zero-order valence-corrected chi connectivity index (χ0v) is 10.2. The normalized spacial score (nSPS) is 15.1. The van der Waals surface area contributed by atoms with E-state index in [2.05, 4.69) is 0 Å². The van der Waals surface area contributed by atoms with E-state index in [-0.39, 0.29) is 18.6 Å². The summed E-state index contributed by atoms with van der Waals surface area (Å²) < 4.78 is 21.7. The average molecular weight is 256 g/mol. The Morgan fingerprint density at radius 2 is 1.56 bits per heavy atom. The van der Waals surface area contributed by atoms with Crippen LogP contribution < -0.4 is 0 Å². The molecule has 0 heterocycles. The van der Waals surface area contributed by atoms with Crippen molar-refractivity contribution in [1.82, 2.24) is 0 Å². The lowest BCUT2D eigenvalue weighted by molar-refractivity contribution is -0.00876. The van der Waals surface area contributed by atoms with Gasteiger partial charge < -0.3 is 20.4 Å². The van der Waals surface area contributed by atoms with Crippen LogP contribution in [0.2, 0.25) is 0 Å². The minimum Gasteiger partial charge on any atom is -0.396 e. The maximum Gasteiger partial charge on any atom is 0.149 e. The van der Waals surface area contributed by atoms with Gasteiger partial charge in [0.1, 0.15) is 9.84 Å². The van der Waals surface area contributed by atoms with Gasteiger partial charge in [0.25, 0.3) is 0 Å². The summed E-state index contributed by atoms with van der Waals surface area (Å²) in [6.07, 6.45) is 0.245. The Kier molecular flexibility index (Phi) is 6.42. The van der Waals surface area contributed by atoms with E-state index in [1.807, 2.05) is 0 Å². The Hall–Kier alpha value is -0.210. The molecule has 7 heteroatoms. The van der Waals surface area contributed by atoms with Crippen molar-refractivity contribution in [2.24, 2.45) is 5.41 Å². The van der Waals surface area contributed by atoms with Crippen molar-refractivity contribution in [2.45, 2.75) is 18.9 Å². The van der Waals surface area contributed by atoms with Crippen LogP contribution in [-0.4, -0.2) is 66.8 Å². The van der Waals surface area contributed by atoms with E-state index < -0.39 is 41.2 Å². The summed E-state index contributed by atoms with van der Waals surface area (Å²) in [5, 5.41) is 36.4. The van der Waals surface area contributed by atoms with Crippen LogP contribution in [0.5, 0.6) is 0 Å². The van der Waals surface area contributed by atoms with E-state index in [0.717, 1.165) is 6.26 Å². The number of rotatable bonds is 8. The average Bonchev–Trinajstić information content (AvgIpc) is 2.18. The standard InChI is InChI=1S/C9H20O6S/c1-16(14,15)4-8(13)2-3-9(5-10,6-11)7-12/h8,10-13H,2-7H2,1H3. The molecule has 0 saturated heterocycles. The van der Waals surface area contributed by atoms with Gasteiger partial charge in [-0.2, -0.15) is 0 Å². The second-order valence-corrected chi connectivity index (χ2v) is 6.44. The zero-order valence-electron chi connectivity index (χ0n) is 9.33. The molecule has 0 amide bonds. The molecule has 0 radical (unpaired) electrons. The Labute approximate surface area is 95.5 Å². The van der Waals surface area contributed by atoms with Gasteiger partial charge in [-0.1, -0.05) is 0 Å². The molecule has 0 aliphatic rings. The lowest BCUT2D eigenvalue weighted by Gasteiger charge is -2.28. The summed E-state index contributed by atoms with van der Waals surface area (Å²) in [6.45, 7) is -1.23. The Morgan fingerprint density at radius 3 is 1.88 bits per heavy atom. The monoisotopic (exact) mass is 256 g/mol. The summed E-state index contributed by atoms with van der Waals surface area (Å²) in [5.41, 5.74) is -1.06. The van der Waals surface area contributed by atoms with Crippen LogP contribution in [-0.2, 0) is 9.84 Å². The van der Waals surface area contributed by atoms with E-state index in [4.69, 9.17) is 15.3 Å². The van der Waals surface area contributed by atoms with Crippen molar-refractivity contribution in [3.8, 4) is 0 Å². The number of aliphatic hydroxyl groups excluding tert-OH is 4. The van der Waals surface area contributed by atoms with Gasteiger partial charge in [-0.05, 0) is 12.8 Å². The Morgan fingerprint density at radius 1 is 1.12 bits per heavy atom. The maximum atomic E-state index is 10.9. The van der Waals surface area contributed by atoms with Crippen molar-refractivity contribution >= 4 is 9.84 Å². The highest BCUT2D eigenvalue weighted by Crippen LogP contribution is 2.23. The summed E-state index contributed by atoms with van der Waals surface area (Å²) in [6, 6.07) is 0. The summed E-state index contributed by atoms with van der Waals surface area (Å²) in [5.74, 6) is -0.356. The third-order valence-corrected chi connectivity index (χ3v) is 3.50. The lowest BCUT2D eigenvalue weighted by atomic mass is 9.85. The van der Waals surface area contributed by atoms with Crippen LogP contribution >= 0.6 is 0 Å². The fourth-order valence-corrected chi connectivity index (χ4v) is 2.16. The molecule has 0 aromatic carbocycles. The zero-order chi connectivity index (χ0) is 12.8. The molecule has 0 saturated carbocycles. The first kappa shape index (κ1) is 15.8. The van der Waals surface area contributed by atoms with E-state index in [0.29, 0.717) is 0 Å².